The van der Waals surface area contributed by atoms with Gasteiger partial charge in [0, 0.05) is 36.5 Å². The fourth-order valence-corrected chi connectivity index (χ4v) is 3.44. The van der Waals surface area contributed by atoms with Gasteiger partial charge < -0.3 is 10.4 Å². The smallest absolute Gasteiger partial charge is 0.220 e. The van der Waals surface area contributed by atoms with Crippen LogP contribution in [0.4, 0.5) is 0 Å². The van der Waals surface area contributed by atoms with Gasteiger partial charge in [0.05, 0.1) is 10.7 Å². The predicted molar refractivity (Wildman–Crippen MR) is 90.7 cm³/mol. The molecule has 0 aliphatic carbocycles. The SMILES string of the molecule is Cc1nc(CSCCC(=O)NCC(C)(C)CCCO)cs1. The standard InChI is InChI=1S/C15H26N2O2S2/c1-12-17-13(10-21-12)9-20-8-5-14(19)16-11-15(2,3)6-4-7-18/h10,18H,4-9,11H2,1-3H3,(H,16,19). The van der Waals surface area contributed by atoms with Crippen molar-refractivity contribution in [3.8, 4) is 0 Å². The number of thiazole rings is 1. The lowest BCUT2D eigenvalue weighted by molar-refractivity contribution is -0.121. The maximum absolute atomic E-state index is 11.8. The zero-order chi connectivity index (χ0) is 15.7. The van der Waals surface area contributed by atoms with Crippen molar-refractivity contribution < 1.29 is 9.90 Å². The Morgan fingerprint density at radius 1 is 1.52 bits per heavy atom. The average molecular weight is 331 g/mol. The van der Waals surface area contributed by atoms with Crippen LogP contribution in [-0.2, 0) is 10.5 Å². The molecule has 0 unspecified atom stereocenters. The number of carbonyl (C=O) groups is 1. The molecule has 0 fully saturated rings. The fraction of sp³-hybridized carbons (Fsp3) is 0.733. The number of aryl methyl sites for hydroxylation is 1. The number of aliphatic hydroxyl groups excluding tert-OH is 1. The van der Waals surface area contributed by atoms with Crippen LogP contribution < -0.4 is 5.32 Å². The Labute approximate surface area is 135 Å². The maximum atomic E-state index is 11.8. The minimum Gasteiger partial charge on any atom is -0.396 e. The first kappa shape index (κ1) is 18.5. The van der Waals surface area contributed by atoms with Crippen LogP contribution in [0.1, 0.15) is 43.8 Å². The third kappa shape index (κ3) is 8.44. The molecule has 1 amide bonds. The number of rotatable bonds is 10. The van der Waals surface area contributed by atoms with Crippen LogP contribution in [-0.4, -0.2) is 34.9 Å². The highest BCUT2D eigenvalue weighted by Gasteiger charge is 2.18. The summed E-state index contributed by atoms with van der Waals surface area (Å²) in [7, 11) is 0. The first-order valence-electron chi connectivity index (χ1n) is 7.29. The zero-order valence-electron chi connectivity index (χ0n) is 13.1. The summed E-state index contributed by atoms with van der Waals surface area (Å²) in [6.45, 7) is 7.11. The van der Waals surface area contributed by atoms with Crippen molar-refractivity contribution >= 4 is 29.0 Å². The number of carbonyl (C=O) groups excluding carboxylic acids is 1. The van der Waals surface area contributed by atoms with Crippen LogP contribution in [0, 0.1) is 12.3 Å². The molecular formula is C15H26N2O2S2. The Morgan fingerprint density at radius 2 is 2.29 bits per heavy atom. The summed E-state index contributed by atoms with van der Waals surface area (Å²) in [6.07, 6.45) is 2.25. The van der Waals surface area contributed by atoms with E-state index in [1.807, 2.05) is 6.92 Å². The minimum absolute atomic E-state index is 0.0453. The Balaban J connectivity index is 2.11. The van der Waals surface area contributed by atoms with Crippen molar-refractivity contribution in [3.05, 3.63) is 16.1 Å². The molecule has 2 N–H and O–H groups in total. The topological polar surface area (TPSA) is 62.2 Å². The number of aliphatic hydroxyl groups is 1. The molecule has 1 aromatic heterocycles. The molecule has 1 aromatic rings. The van der Waals surface area contributed by atoms with Gasteiger partial charge in [-0.25, -0.2) is 4.98 Å². The Morgan fingerprint density at radius 3 is 2.90 bits per heavy atom. The molecule has 6 heteroatoms. The number of aromatic nitrogens is 1. The van der Waals surface area contributed by atoms with Gasteiger partial charge in [0.15, 0.2) is 0 Å². The molecule has 0 radical (unpaired) electrons. The van der Waals surface area contributed by atoms with Gasteiger partial charge in [-0.15, -0.1) is 11.3 Å². The molecule has 0 aliphatic heterocycles. The molecule has 0 saturated carbocycles. The lowest BCUT2D eigenvalue weighted by atomic mass is 9.88. The van der Waals surface area contributed by atoms with E-state index in [9.17, 15) is 4.79 Å². The summed E-state index contributed by atoms with van der Waals surface area (Å²) in [4.78, 5) is 16.2. The predicted octanol–water partition coefficient (Wildman–Crippen LogP) is 2.99. The highest BCUT2D eigenvalue weighted by atomic mass is 32.2. The van der Waals surface area contributed by atoms with Crippen molar-refractivity contribution in [3.63, 3.8) is 0 Å². The number of nitrogens with zero attached hydrogens (tertiary/aromatic N) is 1. The van der Waals surface area contributed by atoms with E-state index in [0.29, 0.717) is 13.0 Å². The van der Waals surface area contributed by atoms with Gasteiger partial charge in [0.1, 0.15) is 0 Å². The van der Waals surface area contributed by atoms with Crippen LogP contribution in [0.15, 0.2) is 5.38 Å². The number of amides is 1. The maximum Gasteiger partial charge on any atom is 0.220 e. The van der Waals surface area contributed by atoms with Crippen LogP contribution in [0.25, 0.3) is 0 Å². The molecule has 0 bridgehead atoms. The van der Waals surface area contributed by atoms with Crippen molar-refractivity contribution in [1.82, 2.24) is 10.3 Å². The van der Waals surface area contributed by atoms with E-state index in [1.165, 1.54) is 0 Å². The number of nitrogens with one attached hydrogen (secondary N) is 1. The van der Waals surface area contributed by atoms with E-state index in [4.69, 9.17) is 5.11 Å². The van der Waals surface area contributed by atoms with E-state index < -0.39 is 0 Å². The van der Waals surface area contributed by atoms with Crippen molar-refractivity contribution in [2.45, 2.75) is 45.8 Å². The summed E-state index contributed by atoms with van der Waals surface area (Å²) in [5, 5.41) is 15.0. The van der Waals surface area contributed by atoms with Crippen molar-refractivity contribution in [1.29, 1.82) is 0 Å². The molecule has 0 saturated heterocycles. The molecule has 0 aliphatic rings. The summed E-state index contributed by atoms with van der Waals surface area (Å²) in [6, 6.07) is 0. The first-order chi connectivity index (χ1) is 9.93. The third-order valence-corrected chi connectivity index (χ3v) is 4.98. The van der Waals surface area contributed by atoms with E-state index in [-0.39, 0.29) is 17.9 Å². The first-order valence-corrected chi connectivity index (χ1v) is 9.33. The van der Waals surface area contributed by atoms with E-state index in [0.717, 1.165) is 35.0 Å². The summed E-state index contributed by atoms with van der Waals surface area (Å²) in [5.41, 5.74) is 1.15. The van der Waals surface area contributed by atoms with Gasteiger partial charge in [-0.1, -0.05) is 13.8 Å². The van der Waals surface area contributed by atoms with E-state index in [1.54, 1.807) is 23.1 Å². The lowest BCUT2D eigenvalue weighted by Crippen LogP contribution is -2.34. The third-order valence-electron chi connectivity index (χ3n) is 3.17. The van der Waals surface area contributed by atoms with Crippen molar-refractivity contribution in [2.24, 2.45) is 5.41 Å². The molecule has 21 heavy (non-hydrogen) atoms. The summed E-state index contributed by atoms with van der Waals surface area (Å²) < 4.78 is 0. The molecule has 0 spiro atoms. The van der Waals surface area contributed by atoms with Gasteiger partial charge >= 0.3 is 0 Å². The molecule has 4 nitrogen and oxygen atoms in total. The molecule has 120 valence electrons. The molecule has 0 atom stereocenters. The average Bonchev–Trinajstić information content (AvgIpc) is 2.85. The van der Waals surface area contributed by atoms with Gasteiger partial charge in [0.25, 0.3) is 0 Å². The molecule has 1 heterocycles. The molecule has 0 aromatic carbocycles. The van der Waals surface area contributed by atoms with Gasteiger partial charge in [-0.3, -0.25) is 4.79 Å². The van der Waals surface area contributed by atoms with Crippen LogP contribution >= 0.6 is 23.1 Å². The van der Waals surface area contributed by atoms with Gasteiger partial charge in [-0.2, -0.15) is 11.8 Å². The van der Waals surface area contributed by atoms with E-state index in [2.05, 4.69) is 29.5 Å². The quantitative estimate of drug-likeness (QED) is 0.647. The second kappa shape index (κ2) is 9.43. The molecular weight excluding hydrogens is 304 g/mol. The second-order valence-electron chi connectivity index (χ2n) is 5.93. The Bertz CT molecular complexity index is 433. The number of hydrogen-bond acceptors (Lipinski definition) is 5. The van der Waals surface area contributed by atoms with Crippen LogP contribution in [0.3, 0.4) is 0 Å². The fourth-order valence-electron chi connectivity index (χ4n) is 1.89. The Kier molecular flexibility index (Phi) is 8.29. The largest absolute Gasteiger partial charge is 0.396 e. The highest BCUT2D eigenvalue weighted by molar-refractivity contribution is 7.98. The summed E-state index contributed by atoms with van der Waals surface area (Å²) in [5.74, 6) is 1.80. The van der Waals surface area contributed by atoms with Gasteiger partial charge in [-0.05, 0) is 25.2 Å². The summed E-state index contributed by atoms with van der Waals surface area (Å²) >= 11 is 3.41. The Hall–Kier alpha value is -0.590. The van der Waals surface area contributed by atoms with Crippen LogP contribution in [0.2, 0.25) is 0 Å². The van der Waals surface area contributed by atoms with Gasteiger partial charge in [0.2, 0.25) is 5.91 Å². The highest BCUT2D eigenvalue weighted by Crippen LogP contribution is 2.21. The lowest BCUT2D eigenvalue weighted by Gasteiger charge is -2.24. The molecule has 1 rings (SSSR count). The number of thioether (sulfide) groups is 1. The number of hydrogen-bond donors (Lipinski definition) is 2. The van der Waals surface area contributed by atoms with E-state index >= 15 is 0 Å². The minimum atomic E-state index is 0.0453. The van der Waals surface area contributed by atoms with Crippen molar-refractivity contribution in [2.75, 3.05) is 18.9 Å². The zero-order valence-corrected chi connectivity index (χ0v) is 14.8. The normalized spacial score (nSPS) is 11.6. The second-order valence-corrected chi connectivity index (χ2v) is 8.10. The van der Waals surface area contributed by atoms with Crippen LogP contribution in [0.5, 0.6) is 0 Å². The monoisotopic (exact) mass is 330 g/mol.